The Labute approximate surface area is 184 Å². The van der Waals surface area contributed by atoms with Crippen molar-refractivity contribution in [3.05, 3.63) is 60.7 Å². The molecule has 2 heterocycles. The predicted molar refractivity (Wildman–Crippen MR) is 113 cm³/mol. The molecule has 11 nitrogen and oxygen atoms in total. The number of tetrazole rings is 2. The van der Waals surface area contributed by atoms with Gasteiger partial charge in [-0.2, -0.15) is 9.36 Å². The zero-order valence-electron chi connectivity index (χ0n) is 15.9. The van der Waals surface area contributed by atoms with Gasteiger partial charge in [-0.25, -0.2) is 0 Å². The number of thioether (sulfide) groups is 2. The van der Waals surface area contributed by atoms with E-state index in [9.17, 15) is 9.59 Å². The second kappa shape index (κ2) is 9.95. The summed E-state index contributed by atoms with van der Waals surface area (Å²) in [4.78, 5) is 24.3. The molecule has 2 amide bonds. The Kier molecular flexibility index (Phi) is 6.64. The van der Waals surface area contributed by atoms with E-state index in [0.717, 1.165) is 34.9 Å². The number of amides is 2. The number of rotatable bonds is 8. The van der Waals surface area contributed by atoms with E-state index in [4.69, 9.17) is 0 Å². The van der Waals surface area contributed by atoms with E-state index in [1.165, 1.54) is 9.36 Å². The van der Waals surface area contributed by atoms with Gasteiger partial charge in [0.15, 0.2) is 0 Å². The zero-order chi connectivity index (χ0) is 21.5. The highest BCUT2D eigenvalue weighted by atomic mass is 32.2. The van der Waals surface area contributed by atoms with Gasteiger partial charge < -0.3 is 0 Å². The Balaban J connectivity index is 1.28. The average molecular weight is 454 g/mol. The van der Waals surface area contributed by atoms with E-state index in [2.05, 4.69) is 36.4 Å². The molecular formula is C18H15N9O2S2. The molecule has 0 atom stereocenters. The summed E-state index contributed by atoms with van der Waals surface area (Å²) < 4.78 is 3.05. The van der Waals surface area contributed by atoms with Crippen molar-refractivity contribution in [1.29, 1.82) is 0 Å². The van der Waals surface area contributed by atoms with Gasteiger partial charge >= 0.3 is 0 Å². The van der Waals surface area contributed by atoms with Gasteiger partial charge in [-0.3, -0.25) is 14.9 Å². The van der Waals surface area contributed by atoms with Crippen molar-refractivity contribution in [2.45, 2.75) is 10.3 Å². The molecule has 0 fully saturated rings. The first-order valence-corrected chi connectivity index (χ1v) is 10.9. The number of hydrogen-bond acceptors (Lipinski definition) is 10. The highest BCUT2D eigenvalue weighted by molar-refractivity contribution is 8.00. The van der Waals surface area contributed by atoms with Crippen molar-refractivity contribution in [2.24, 2.45) is 0 Å². The lowest BCUT2D eigenvalue weighted by Crippen LogP contribution is -2.33. The van der Waals surface area contributed by atoms with Crippen LogP contribution in [0, 0.1) is 0 Å². The minimum Gasteiger partial charge on any atom is -0.295 e. The van der Waals surface area contributed by atoms with E-state index in [1.54, 1.807) is 0 Å². The zero-order valence-corrected chi connectivity index (χ0v) is 17.5. The van der Waals surface area contributed by atoms with Crippen LogP contribution >= 0.6 is 23.5 Å². The maximum Gasteiger partial charge on any atom is 0.237 e. The minimum absolute atomic E-state index is 0.00856. The molecule has 0 saturated carbocycles. The van der Waals surface area contributed by atoms with Gasteiger partial charge in [0, 0.05) is 0 Å². The van der Waals surface area contributed by atoms with Crippen molar-refractivity contribution < 1.29 is 9.59 Å². The number of imide groups is 1. The summed E-state index contributed by atoms with van der Waals surface area (Å²) in [5, 5.41) is 26.2. The van der Waals surface area contributed by atoms with Gasteiger partial charge in [0.25, 0.3) is 0 Å². The molecule has 4 rings (SSSR count). The number of para-hydroxylation sites is 2. The normalized spacial score (nSPS) is 10.7. The lowest BCUT2D eigenvalue weighted by molar-refractivity contribution is -0.127. The Hall–Kier alpha value is -3.58. The number of carbonyl (C=O) groups is 2. The number of nitrogens with zero attached hydrogens (tertiary/aromatic N) is 8. The first-order chi connectivity index (χ1) is 15.2. The molecule has 1 N–H and O–H groups in total. The van der Waals surface area contributed by atoms with Crippen molar-refractivity contribution >= 4 is 35.3 Å². The lowest BCUT2D eigenvalue weighted by atomic mass is 10.3. The quantitative estimate of drug-likeness (QED) is 0.387. The van der Waals surface area contributed by atoms with Crippen LogP contribution in [0.2, 0.25) is 0 Å². The molecule has 0 aliphatic carbocycles. The molecule has 156 valence electrons. The monoisotopic (exact) mass is 453 g/mol. The highest BCUT2D eigenvalue weighted by Gasteiger charge is 2.15. The first-order valence-electron chi connectivity index (χ1n) is 8.96. The first kappa shape index (κ1) is 20.7. The summed E-state index contributed by atoms with van der Waals surface area (Å²) >= 11 is 2.27. The van der Waals surface area contributed by atoms with Crippen molar-refractivity contribution in [1.82, 2.24) is 45.7 Å². The number of hydrogen-bond donors (Lipinski definition) is 1. The maximum absolute atomic E-state index is 12.2. The van der Waals surface area contributed by atoms with E-state index in [-0.39, 0.29) is 11.5 Å². The molecule has 0 aliphatic heterocycles. The molecule has 2 aromatic carbocycles. The highest BCUT2D eigenvalue weighted by Crippen LogP contribution is 2.19. The van der Waals surface area contributed by atoms with Crippen LogP contribution in [-0.4, -0.2) is 63.7 Å². The topological polar surface area (TPSA) is 133 Å². The largest absolute Gasteiger partial charge is 0.295 e. The van der Waals surface area contributed by atoms with Crippen LogP contribution in [-0.2, 0) is 9.59 Å². The van der Waals surface area contributed by atoms with E-state index < -0.39 is 11.8 Å². The molecule has 0 radical (unpaired) electrons. The van der Waals surface area contributed by atoms with Crippen LogP contribution in [0.25, 0.3) is 11.4 Å². The lowest BCUT2D eigenvalue weighted by Gasteiger charge is -2.05. The SMILES string of the molecule is O=C(CSc1nnnn1-c1ccccc1)NC(=O)CSc1nnnn1-c1ccccc1. The Morgan fingerprint density at radius 1 is 0.710 bits per heavy atom. The van der Waals surface area contributed by atoms with Crippen LogP contribution in [0.3, 0.4) is 0 Å². The Bertz CT molecular complexity index is 1070. The molecule has 2 aromatic heterocycles. The fraction of sp³-hybridized carbons (Fsp3) is 0.111. The van der Waals surface area contributed by atoms with Gasteiger partial charge in [-0.05, 0) is 45.1 Å². The van der Waals surface area contributed by atoms with Crippen LogP contribution in [0.4, 0.5) is 0 Å². The molecule has 13 heteroatoms. The third kappa shape index (κ3) is 5.32. The van der Waals surface area contributed by atoms with Gasteiger partial charge in [0.05, 0.1) is 22.9 Å². The van der Waals surface area contributed by atoms with Gasteiger partial charge in [-0.15, -0.1) is 10.2 Å². The maximum atomic E-state index is 12.2. The fourth-order valence-corrected chi connectivity index (χ4v) is 3.87. The molecule has 0 unspecified atom stereocenters. The Morgan fingerprint density at radius 3 is 1.55 bits per heavy atom. The summed E-state index contributed by atoms with van der Waals surface area (Å²) in [5.74, 6) is -0.904. The third-order valence-electron chi connectivity index (χ3n) is 3.83. The Morgan fingerprint density at radius 2 is 1.13 bits per heavy atom. The number of benzene rings is 2. The van der Waals surface area contributed by atoms with Gasteiger partial charge in [-0.1, -0.05) is 59.9 Å². The molecule has 0 saturated heterocycles. The van der Waals surface area contributed by atoms with Crippen molar-refractivity contribution in [2.75, 3.05) is 11.5 Å². The van der Waals surface area contributed by atoms with Crippen molar-refractivity contribution in [3.8, 4) is 11.4 Å². The van der Waals surface area contributed by atoms with Crippen LogP contribution < -0.4 is 5.32 Å². The fourth-order valence-electron chi connectivity index (χ4n) is 2.49. The summed E-state index contributed by atoms with van der Waals surface area (Å²) in [6, 6.07) is 18.6. The summed E-state index contributed by atoms with van der Waals surface area (Å²) in [5.41, 5.74) is 1.55. The van der Waals surface area contributed by atoms with Gasteiger partial charge in [0.2, 0.25) is 22.1 Å². The smallest absolute Gasteiger partial charge is 0.237 e. The second-order valence-electron chi connectivity index (χ2n) is 5.97. The van der Waals surface area contributed by atoms with E-state index in [1.807, 2.05) is 60.7 Å². The summed E-state index contributed by atoms with van der Waals surface area (Å²) in [7, 11) is 0. The minimum atomic E-state index is -0.444. The van der Waals surface area contributed by atoms with Crippen molar-refractivity contribution in [3.63, 3.8) is 0 Å². The van der Waals surface area contributed by atoms with E-state index >= 15 is 0 Å². The number of carbonyl (C=O) groups excluding carboxylic acids is 2. The predicted octanol–water partition coefficient (Wildman–Crippen LogP) is 1.17. The summed E-state index contributed by atoms with van der Waals surface area (Å²) in [6.45, 7) is 0. The van der Waals surface area contributed by atoms with Crippen LogP contribution in [0.5, 0.6) is 0 Å². The van der Waals surface area contributed by atoms with E-state index in [0.29, 0.717) is 10.3 Å². The van der Waals surface area contributed by atoms with Gasteiger partial charge in [0.1, 0.15) is 0 Å². The third-order valence-corrected chi connectivity index (χ3v) is 5.67. The average Bonchev–Trinajstić information content (AvgIpc) is 3.47. The second-order valence-corrected chi connectivity index (χ2v) is 7.85. The number of aromatic nitrogens is 8. The van der Waals surface area contributed by atoms with Crippen LogP contribution in [0.15, 0.2) is 71.0 Å². The molecule has 0 bridgehead atoms. The standard InChI is InChI=1S/C18H15N9O2S2/c28-15(11-30-17-20-22-24-26(17)13-7-3-1-4-8-13)19-16(29)12-31-18-21-23-25-27(18)14-9-5-2-6-10-14/h1-10H,11-12H2,(H,19,28,29). The molecule has 0 aliphatic rings. The molecule has 4 aromatic rings. The van der Waals surface area contributed by atoms with Crippen LogP contribution in [0.1, 0.15) is 0 Å². The molecule has 0 spiro atoms. The molecule has 31 heavy (non-hydrogen) atoms. The number of nitrogens with one attached hydrogen (secondary N) is 1. The molecular weight excluding hydrogens is 438 g/mol. The summed E-state index contributed by atoms with van der Waals surface area (Å²) in [6.07, 6.45) is 0.